The summed E-state index contributed by atoms with van der Waals surface area (Å²) in [4.78, 5) is 8.49. The van der Waals surface area contributed by atoms with Gasteiger partial charge in [-0.3, -0.25) is 4.90 Å². The highest BCUT2D eigenvalue weighted by Gasteiger charge is 2.19. The normalized spacial score (nSPS) is 17.0. The monoisotopic (exact) mass is 224 g/mol. The molecule has 2 heterocycles. The predicted octanol–water partition coefficient (Wildman–Crippen LogP) is 2.94. The van der Waals surface area contributed by atoms with E-state index in [2.05, 4.69) is 23.7 Å². The molecule has 1 aliphatic heterocycles. The van der Waals surface area contributed by atoms with Crippen LogP contribution in [-0.2, 0) is 13.0 Å². The van der Waals surface area contributed by atoms with E-state index < -0.39 is 0 Å². The van der Waals surface area contributed by atoms with Crippen LogP contribution in [0, 0.1) is 5.92 Å². The smallest absolute Gasteiger partial charge is 0.0798 e. The van der Waals surface area contributed by atoms with Gasteiger partial charge in [0, 0.05) is 30.9 Å². The molecule has 1 aromatic heterocycles. The van der Waals surface area contributed by atoms with Crippen LogP contribution >= 0.6 is 11.3 Å². The molecule has 0 saturated carbocycles. The molecule has 0 atom stereocenters. The number of thiazole rings is 1. The Morgan fingerprint density at radius 1 is 1.47 bits per heavy atom. The molecule has 0 spiro atoms. The van der Waals surface area contributed by atoms with Crippen LogP contribution in [-0.4, -0.2) is 23.0 Å². The first-order valence-corrected chi connectivity index (χ1v) is 6.85. The van der Waals surface area contributed by atoms with Gasteiger partial charge in [0.15, 0.2) is 0 Å². The van der Waals surface area contributed by atoms with Crippen LogP contribution in [0.4, 0.5) is 0 Å². The Kier molecular flexibility index (Phi) is 3.76. The van der Waals surface area contributed by atoms with Crippen LogP contribution < -0.4 is 0 Å². The molecule has 84 valence electrons. The van der Waals surface area contributed by atoms with Gasteiger partial charge in [-0.25, -0.2) is 4.98 Å². The quantitative estimate of drug-likeness (QED) is 0.781. The largest absolute Gasteiger partial charge is 0.298 e. The third-order valence-electron chi connectivity index (χ3n) is 3.43. The predicted molar refractivity (Wildman–Crippen MR) is 65.2 cm³/mol. The molecule has 2 nitrogen and oxygen atoms in total. The summed E-state index contributed by atoms with van der Waals surface area (Å²) in [6.45, 7) is 8.21. The lowest BCUT2D eigenvalue weighted by atomic mass is 10.0. The summed E-state index contributed by atoms with van der Waals surface area (Å²) in [5, 5.41) is 0. The number of rotatable bonds is 4. The molecule has 0 bridgehead atoms. The molecule has 0 aliphatic carbocycles. The molecule has 0 aromatic carbocycles. The minimum absolute atomic E-state index is 0.875. The Morgan fingerprint density at radius 3 is 3.00 bits per heavy atom. The zero-order chi connectivity index (χ0) is 10.7. The standard InChI is InChI=1S/C12H20N2S/c1-3-10(4-2)7-14-6-5-11-12(8-14)15-9-13-11/h9-10H,3-8H2,1-2H3. The van der Waals surface area contributed by atoms with Gasteiger partial charge in [0.2, 0.25) is 0 Å². The van der Waals surface area contributed by atoms with Crippen molar-refractivity contribution in [1.29, 1.82) is 0 Å². The van der Waals surface area contributed by atoms with Crippen LogP contribution in [0.1, 0.15) is 37.3 Å². The first-order valence-electron chi connectivity index (χ1n) is 5.97. The maximum Gasteiger partial charge on any atom is 0.0798 e. The topological polar surface area (TPSA) is 16.1 Å². The highest BCUT2D eigenvalue weighted by atomic mass is 32.1. The van der Waals surface area contributed by atoms with E-state index in [1.165, 1.54) is 36.5 Å². The zero-order valence-electron chi connectivity index (χ0n) is 9.70. The molecule has 0 amide bonds. The van der Waals surface area contributed by atoms with Crippen molar-refractivity contribution >= 4 is 11.3 Å². The third kappa shape index (κ3) is 2.58. The van der Waals surface area contributed by atoms with Gasteiger partial charge in [0.25, 0.3) is 0 Å². The SMILES string of the molecule is CCC(CC)CN1CCc2ncsc2C1. The van der Waals surface area contributed by atoms with Crippen molar-refractivity contribution in [2.45, 2.75) is 39.7 Å². The van der Waals surface area contributed by atoms with Gasteiger partial charge in [-0.2, -0.15) is 0 Å². The molecular weight excluding hydrogens is 204 g/mol. The van der Waals surface area contributed by atoms with Crippen molar-refractivity contribution in [3.05, 3.63) is 16.1 Å². The Balaban J connectivity index is 1.92. The van der Waals surface area contributed by atoms with E-state index in [-0.39, 0.29) is 0 Å². The summed E-state index contributed by atoms with van der Waals surface area (Å²) in [7, 11) is 0. The lowest BCUT2D eigenvalue weighted by Crippen LogP contribution is -2.33. The van der Waals surface area contributed by atoms with Gasteiger partial charge < -0.3 is 0 Å². The number of aromatic nitrogens is 1. The molecule has 15 heavy (non-hydrogen) atoms. The molecule has 1 aromatic rings. The molecule has 3 heteroatoms. The van der Waals surface area contributed by atoms with Gasteiger partial charge in [0.05, 0.1) is 11.2 Å². The summed E-state index contributed by atoms with van der Waals surface area (Å²) in [6.07, 6.45) is 3.77. The summed E-state index contributed by atoms with van der Waals surface area (Å²) in [5.74, 6) is 0.875. The number of hydrogen-bond donors (Lipinski definition) is 0. The Morgan fingerprint density at radius 2 is 2.27 bits per heavy atom. The van der Waals surface area contributed by atoms with E-state index in [1.54, 1.807) is 0 Å². The van der Waals surface area contributed by atoms with Crippen LogP contribution in [0.2, 0.25) is 0 Å². The number of hydrogen-bond acceptors (Lipinski definition) is 3. The Bertz CT molecular complexity index is 304. The van der Waals surface area contributed by atoms with Crippen LogP contribution in [0.5, 0.6) is 0 Å². The van der Waals surface area contributed by atoms with Crippen molar-refractivity contribution in [3.8, 4) is 0 Å². The maximum atomic E-state index is 4.40. The molecular formula is C12H20N2S. The highest BCUT2D eigenvalue weighted by molar-refractivity contribution is 7.09. The number of nitrogens with zero attached hydrogens (tertiary/aromatic N) is 2. The van der Waals surface area contributed by atoms with Crippen molar-refractivity contribution in [2.75, 3.05) is 13.1 Å². The zero-order valence-corrected chi connectivity index (χ0v) is 10.5. The summed E-state index contributed by atoms with van der Waals surface area (Å²) in [6, 6.07) is 0. The molecule has 0 unspecified atom stereocenters. The average molecular weight is 224 g/mol. The fourth-order valence-corrected chi connectivity index (χ4v) is 3.10. The second-order valence-electron chi connectivity index (χ2n) is 4.39. The molecule has 1 aliphatic rings. The van der Waals surface area contributed by atoms with Crippen LogP contribution in [0.15, 0.2) is 5.51 Å². The van der Waals surface area contributed by atoms with Gasteiger partial charge in [0.1, 0.15) is 0 Å². The van der Waals surface area contributed by atoms with Crippen LogP contribution in [0.25, 0.3) is 0 Å². The fraction of sp³-hybridized carbons (Fsp3) is 0.750. The summed E-state index contributed by atoms with van der Waals surface area (Å²) in [5.41, 5.74) is 3.34. The second kappa shape index (κ2) is 5.08. The summed E-state index contributed by atoms with van der Waals surface area (Å²) < 4.78 is 0. The molecule has 2 rings (SSSR count). The van der Waals surface area contributed by atoms with Crippen LogP contribution in [0.3, 0.4) is 0 Å². The van der Waals surface area contributed by atoms with Gasteiger partial charge in [-0.05, 0) is 5.92 Å². The van der Waals surface area contributed by atoms with Gasteiger partial charge in [-0.1, -0.05) is 26.7 Å². The molecule has 0 radical (unpaired) electrons. The third-order valence-corrected chi connectivity index (χ3v) is 4.29. The van der Waals surface area contributed by atoms with Gasteiger partial charge in [-0.15, -0.1) is 11.3 Å². The van der Waals surface area contributed by atoms with Crippen molar-refractivity contribution in [1.82, 2.24) is 9.88 Å². The summed E-state index contributed by atoms with van der Waals surface area (Å²) >= 11 is 1.82. The van der Waals surface area contributed by atoms with E-state index in [0.29, 0.717) is 0 Å². The fourth-order valence-electron chi connectivity index (χ4n) is 2.24. The average Bonchev–Trinajstić information content (AvgIpc) is 2.73. The second-order valence-corrected chi connectivity index (χ2v) is 5.33. The van der Waals surface area contributed by atoms with E-state index in [4.69, 9.17) is 0 Å². The highest BCUT2D eigenvalue weighted by Crippen LogP contribution is 2.23. The van der Waals surface area contributed by atoms with E-state index >= 15 is 0 Å². The van der Waals surface area contributed by atoms with Crippen molar-refractivity contribution in [2.24, 2.45) is 5.92 Å². The van der Waals surface area contributed by atoms with E-state index in [1.807, 2.05) is 16.8 Å². The Labute approximate surface area is 96.3 Å². The van der Waals surface area contributed by atoms with Gasteiger partial charge >= 0.3 is 0 Å². The first-order chi connectivity index (χ1) is 7.33. The first kappa shape index (κ1) is 11.1. The minimum atomic E-state index is 0.875. The molecule has 0 fully saturated rings. The number of fused-ring (bicyclic) bond motifs is 1. The lowest BCUT2D eigenvalue weighted by molar-refractivity contribution is 0.209. The minimum Gasteiger partial charge on any atom is -0.298 e. The maximum absolute atomic E-state index is 4.40. The molecule has 0 saturated heterocycles. The Hall–Kier alpha value is -0.410. The van der Waals surface area contributed by atoms with Crippen molar-refractivity contribution < 1.29 is 0 Å². The lowest BCUT2D eigenvalue weighted by Gasteiger charge is -2.29. The van der Waals surface area contributed by atoms with E-state index in [0.717, 1.165) is 18.9 Å². The van der Waals surface area contributed by atoms with Crippen molar-refractivity contribution in [3.63, 3.8) is 0 Å². The molecule has 0 N–H and O–H groups in total. The van der Waals surface area contributed by atoms with E-state index in [9.17, 15) is 0 Å².